The van der Waals surface area contributed by atoms with Gasteiger partial charge in [-0.05, 0) is 19.9 Å². The maximum Gasteiger partial charge on any atom is 0.193 e. The third-order valence-electron chi connectivity index (χ3n) is 4.23. The number of ether oxygens (including phenoxy) is 1. The monoisotopic (exact) mass is 279 g/mol. The molecule has 0 saturated carbocycles. The molecule has 1 N–H and O–H groups in total. The molecule has 2 unspecified atom stereocenters. The molecule has 0 aromatic carbocycles. The molecule has 0 spiro atoms. The van der Waals surface area contributed by atoms with Gasteiger partial charge in [0.2, 0.25) is 0 Å². The van der Waals surface area contributed by atoms with E-state index in [2.05, 4.69) is 41.3 Å². The molecule has 5 heteroatoms. The minimum absolute atomic E-state index is 0.194. The smallest absolute Gasteiger partial charge is 0.193 e. The predicted octanol–water partition coefficient (Wildman–Crippen LogP) is 2.34. The lowest BCUT2D eigenvalue weighted by molar-refractivity contribution is 0.0629. The van der Waals surface area contributed by atoms with Crippen LogP contribution in [0.2, 0.25) is 0 Å². The van der Waals surface area contributed by atoms with Crippen molar-refractivity contribution in [3.63, 3.8) is 0 Å². The van der Waals surface area contributed by atoms with Gasteiger partial charge in [0, 0.05) is 42.8 Å². The van der Waals surface area contributed by atoms with Crippen LogP contribution in [0.15, 0.2) is 17.8 Å². The highest BCUT2D eigenvalue weighted by molar-refractivity contribution is 7.15. The van der Waals surface area contributed by atoms with Gasteiger partial charge in [0.1, 0.15) is 0 Å². The summed E-state index contributed by atoms with van der Waals surface area (Å²) >= 11 is 1.69. The first-order chi connectivity index (χ1) is 9.23. The Kier molecular flexibility index (Phi) is 3.60. The molecule has 0 aliphatic carbocycles. The number of hydrogen-bond acceptors (Lipinski definition) is 4. The van der Waals surface area contributed by atoms with Crippen LogP contribution < -0.4 is 5.32 Å². The second kappa shape index (κ2) is 5.23. The van der Waals surface area contributed by atoms with Crippen molar-refractivity contribution in [2.75, 3.05) is 19.7 Å². The van der Waals surface area contributed by atoms with Gasteiger partial charge in [0.05, 0.1) is 11.8 Å². The quantitative estimate of drug-likeness (QED) is 0.913. The van der Waals surface area contributed by atoms with Gasteiger partial charge < -0.3 is 10.1 Å². The molecule has 0 bridgehead atoms. The molecular formula is C14H21N3OS. The zero-order valence-electron chi connectivity index (χ0n) is 11.6. The normalized spacial score (nSPS) is 27.4. The van der Waals surface area contributed by atoms with Crippen molar-refractivity contribution in [1.82, 2.24) is 14.7 Å². The van der Waals surface area contributed by atoms with Gasteiger partial charge in [-0.15, -0.1) is 11.3 Å². The molecule has 4 nitrogen and oxygen atoms in total. The van der Waals surface area contributed by atoms with E-state index in [1.54, 1.807) is 11.3 Å². The van der Waals surface area contributed by atoms with Crippen LogP contribution >= 0.6 is 11.3 Å². The first-order valence-electron chi connectivity index (χ1n) is 6.97. The topological polar surface area (TPSA) is 38.6 Å². The van der Waals surface area contributed by atoms with E-state index >= 15 is 0 Å². The summed E-state index contributed by atoms with van der Waals surface area (Å²) in [6.45, 7) is 7.24. The first kappa shape index (κ1) is 13.1. The molecule has 2 aromatic rings. The molecule has 104 valence electrons. The Morgan fingerprint density at radius 3 is 3.21 bits per heavy atom. The number of rotatable bonds is 5. The number of hydrogen-bond donors (Lipinski definition) is 1. The summed E-state index contributed by atoms with van der Waals surface area (Å²) in [7, 11) is 0. The molecule has 2 atom stereocenters. The van der Waals surface area contributed by atoms with Crippen molar-refractivity contribution in [2.45, 2.75) is 32.8 Å². The number of nitrogens with one attached hydrogen (secondary N) is 1. The van der Waals surface area contributed by atoms with Crippen LogP contribution in [0, 0.1) is 5.41 Å². The standard InChI is InChI=1S/C14H21N3OS/c1-3-15-10-14(4-6-18-11(14)2)8-12-9-17-5-7-19-13(17)16-12/h5,7,9,11,15H,3-4,6,8,10H2,1-2H3. The molecule has 19 heavy (non-hydrogen) atoms. The zero-order chi connectivity index (χ0) is 13.3. The Morgan fingerprint density at radius 1 is 1.63 bits per heavy atom. The number of aromatic nitrogens is 2. The molecule has 0 amide bonds. The Balaban J connectivity index is 1.82. The van der Waals surface area contributed by atoms with Crippen LogP contribution in [0.1, 0.15) is 26.0 Å². The molecule has 3 heterocycles. The van der Waals surface area contributed by atoms with Crippen molar-refractivity contribution < 1.29 is 4.74 Å². The largest absolute Gasteiger partial charge is 0.378 e. The van der Waals surface area contributed by atoms with Crippen LogP contribution in [0.4, 0.5) is 0 Å². The minimum Gasteiger partial charge on any atom is -0.378 e. The number of imidazole rings is 1. The fraction of sp³-hybridized carbons (Fsp3) is 0.643. The van der Waals surface area contributed by atoms with Crippen LogP contribution in [-0.4, -0.2) is 35.2 Å². The van der Waals surface area contributed by atoms with Crippen molar-refractivity contribution in [3.8, 4) is 0 Å². The summed E-state index contributed by atoms with van der Waals surface area (Å²) in [5.41, 5.74) is 1.38. The minimum atomic E-state index is 0.194. The molecule has 3 rings (SSSR count). The summed E-state index contributed by atoms with van der Waals surface area (Å²) in [5.74, 6) is 0. The van der Waals surface area contributed by atoms with E-state index in [1.165, 1.54) is 5.69 Å². The van der Waals surface area contributed by atoms with E-state index in [0.717, 1.165) is 37.5 Å². The maximum atomic E-state index is 5.82. The molecular weight excluding hydrogens is 258 g/mol. The van der Waals surface area contributed by atoms with Gasteiger partial charge in [-0.2, -0.15) is 0 Å². The van der Waals surface area contributed by atoms with E-state index in [9.17, 15) is 0 Å². The van der Waals surface area contributed by atoms with E-state index in [-0.39, 0.29) is 5.41 Å². The third-order valence-corrected chi connectivity index (χ3v) is 5.00. The second-order valence-electron chi connectivity index (χ2n) is 5.41. The Morgan fingerprint density at radius 2 is 2.53 bits per heavy atom. The summed E-state index contributed by atoms with van der Waals surface area (Å²) < 4.78 is 7.93. The Labute approximate surface area is 117 Å². The molecule has 0 radical (unpaired) electrons. The summed E-state index contributed by atoms with van der Waals surface area (Å²) in [6, 6.07) is 0. The van der Waals surface area contributed by atoms with Crippen molar-refractivity contribution in [3.05, 3.63) is 23.5 Å². The highest BCUT2D eigenvalue weighted by atomic mass is 32.1. The average Bonchev–Trinajstić information content (AvgIpc) is 3.04. The van der Waals surface area contributed by atoms with Crippen LogP contribution in [0.3, 0.4) is 0 Å². The van der Waals surface area contributed by atoms with E-state index in [1.807, 2.05) is 0 Å². The fourth-order valence-corrected chi connectivity index (χ4v) is 3.66. The van der Waals surface area contributed by atoms with Crippen molar-refractivity contribution in [2.24, 2.45) is 5.41 Å². The molecule has 1 fully saturated rings. The Hall–Kier alpha value is -0.910. The lowest BCUT2D eigenvalue weighted by atomic mass is 9.77. The van der Waals surface area contributed by atoms with E-state index in [0.29, 0.717) is 6.10 Å². The lowest BCUT2D eigenvalue weighted by Gasteiger charge is -2.31. The van der Waals surface area contributed by atoms with Gasteiger partial charge in [-0.3, -0.25) is 4.40 Å². The number of thiazole rings is 1. The van der Waals surface area contributed by atoms with Crippen LogP contribution in [0.25, 0.3) is 4.96 Å². The first-order valence-corrected chi connectivity index (χ1v) is 7.85. The highest BCUT2D eigenvalue weighted by Gasteiger charge is 2.41. The fourth-order valence-electron chi connectivity index (χ4n) is 2.94. The number of nitrogens with zero attached hydrogens (tertiary/aromatic N) is 2. The molecule has 2 aromatic heterocycles. The Bertz CT molecular complexity index is 521. The number of fused-ring (bicyclic) bond motifs is 1. The van der Waals surface area contributed by atoms with Crippen LogP contribution in [0.5, 0.6) is 0 Å². The SMILES string of the molecule is CCNCC1(Cc2cn3ccsc3n2)CCOC1C. The summed E-state index contributed by atoms with van der Waals surface area (Å²) in [6.07, 6.45) is 6.64. The highest BCUT2D eigenvalue weighted by Crippen LogP contribution is 2.37. The van der Waals surface area contributed by atoms with Gasteiger partial charge in [0.15, 0.2) is 4.96 Å². The lowest BCUT2D eigenvalue weighted by Crippen LogP contribution is -2.41. The van der Waals surface area contributed by atoms with Crippen molar-refractivity contribution >= 4 is 16.3 Å². The molecule has 1 saturated heterocycles. The predicted molar refractivity (Wildman–Crippen MR) is 77.8 cm³/mol. The summed E-state index contributed by atoms with van der Waals surface area (Å²) in [5, 5.41) is 5.57. The van der Waals surface area contributed by atoms with Gasteiger partial charge in [-0.25, -0.2) is 4.98 Å². The van der Waals surface area contributed by atoms with E-state index < -0.39 is 0 Å². The second-order valence-corrected chi connectivity index (χ2v) is 6.28. The zero-order valence-corrected chi connectivity index (χ0v) is 12.4. The van der Waals surface area contributed by atoms with Crippen molar-refractivity contribution in [1.29, 1.82) is 0 Å². The van der Waals surface area contributed by atoms with Gasteiger partial charge in [0.25, 0.3) is 0 Å². The van der Waals surface area contributed by atoms with Crippen LogP contribution in [-0.2, 0) is 11.2 Å². The third kappa shape index (κ3) is 2.42. The molecule has 1 aliphatic heterocycles. The summed E-state index contributed by atoms with van der Waals surface area (Å²) in [4.78, 5) is 5.81. The van der Waals surface area contributed by atoms with E-state index in [4.69, 9.17) is 9.72 Å². The maximum absolute atomic E-state index is 5.82. The molecule has 1 aliphatic rings. The van der Waals surface area contributed by atoms with Gasteiger partial charge in [-0.1, -0.05) is 6.92 Å². The van der Waals surface area contributed by atoms with Gasteiger partial charge >= 0.3 is 0 Å². The average molecular weight is 279 g/mol.